The Balaban J connectivity index is 1.55. The van der Waals surface area contributed by atoms with Crippen LogP contribution in [0.2, 0.25) is 5.02 Å². The maximum atomic E-state index is 14.0. The Morgan fingerprint density at radius 2 is 1.73 bits per heavy atom. The van der Waals surface area contributed by atoms with Crippen molar-refractivity contribution in [1.29, 1.82) is 0 Å². The summed E-state index contributed by atoms with van der Waals surface area (Å²) in [4.78, 5) is 15.9. The van der Waals surface area contributed by atoms with Gasteiger partial charge >= 0.3 is 6.03 Å². The molecule has 0 unspecified atom stereocenters. The summed E-state index contributed by atoms with van der Waals surface area (Å²) in [5.41, 5.74) is 6.56. The van der Waals surface area contributed by atoms with Crippen molar-refractivity contribution in [1.82, 2.24) is 19.2 Å². The number of carbonyl (C=O) groups is 1. The van der Waals surface area contributed by atoms with E-state index in [9.17, 15) is 4.79 Å². The van der Waals surface area contributed by atoms with Crippen molar-refractivity contribution in [2.45, 2.75) is 26.4 Å². The number of para-hydroxylation sites is 2. The van der Waals surface area contributed by atoms with Crippen LogP contribution in [0.4, 0.5) is 10.5 Å². The number of amides is 2. The molecule has 0 aliphatic carbocycles. The molecule has 3 aromatic carbocycles. The van der Waals surface area contributed by atoms with Crippen LogP contribution in [-0.4, -0.2) is 25.3 Å². The minimum atomic E-state index is -0.326. The predicted octanol–water partition coefficient (Wildman–Crippen LogP) is 7.07. The third-order valence-corrected chi connectivity index (χ3v) is 7.15. The van der Waals surface area contributed by atoms with Gasteiger partial charge in [-0.3, -0.25) is 0 Å². The van der Waals surface area contributed by atoms with Gasteiger partial charge in [0.15, 0.2) is 0 Å². The molecule has 7 heteroatoms. The van der Waals surface area contributed by atoms with E-state index in [-0.39, 0.29) is 12.1 Å². The molecule has 6 rings (SSSR count). The number of hydrogen-bond donors (Lipinski definition) is 1. The lowest BCUT2D eigenvalue weighted by molar-refractivity contribution is 0.194. The Kier molecular flexibility index (Phi) is 5.81. The number of nitrogens with zero attached hydrogens (tertiary/aromatic N) is 4. The second kappa shape index (κ2) is 9.30. The SMILES string of the molecule is Cc1cccc([C@H]2c3cccn3-c3c(c(C)nn3-c3ccccc3)CN2C(=O)Nc2ccccc2Cl)c1. The molecule has 1 aliphatic rings. The lowest BCUT2D eigenvalue weighted by Gasteiger charge is -2.31. The van der Waals surface area contributed by atoms with E-state index in [0.29, 0.717) is 17.3 Å². The molecule has 0 spiro atoms. The summed E-state index contributed by atoms with van der Waals surface area (Å²) in [5, 5.41) is 8.45. The van der Waals surface area contributed by atoms with Crippen LogP contribution < -0.4 is 5.32 Å². The molecule has 184 valence electrons. The molecule has 5 aromatic rings. The second-order valence-corrected chi connectivity index (χ2v) is 9.70. The lowest BCUT2D eigenvalue weighted by atomic mass is 10.00. The monoisotopic (exact) mass is 507 g/mol. The molecule has 0 saturated heterocycles. The number of anilines is 1. The van der Waals surface area contributed by atoms with Gasteiger partial charge < -0.3 is 14.8 Å². The zero-order valence-electron chi connectivity index (χ0n) is 20.6. The third-order valence-electron chi connectivity index (χ3n) is 6.82. The van der Waals surface area contributed by atoms with E-state index in [1.807, 2.05) is 83.4 Å². The van der Waals surface area contributed by atoms with E-state index < -0.39 is 0 Å². The molecular weight excluding hydrogens is 482 g/mol. The minimum Gasteiger partial charge on any atom is -0.307 e. The number of rotatable bonds is 3. The summed E-state index contributed by atoms with van der Waals surface area (Å²) in [5.74, 6) is 0.939. The highest BCUT2D eigenvalue weighted by Gasteiger charge is 2.36. The van der Waals surface area contributed by atoms with Crippen molar-refractivity contribution in [3.8, 4) is 11.5 Å². The molecule has 1 N–H and O–H groups in total. The van der Waals surface area contributed by atoms with E-state index in [1.165, 1.54) is 0 Å². The number of carbonyl (C=O) groups excluding carboxylic acids is 1. The van der Waals surface area contributed by atoms with Crippen LogP contribution in [-0.2, 0) is 6.54 Å². The van der Waals surface area contributed by atoms with Crippen LogP contribution >= 0.6 is 11.6 Å². The lowest BCUT2D eigenvalue weighted by Crippen LogP contribution is -2.38. The fourth-order valence-electron chi connectivity index (χ4n) is 5.09. The average molecular weight is 508 g/mol. The van der Waals surface area contributed by atoms with Crippen LogP contribution in [0.3, 0.4) is 0 Å². The number of hydrogen-bond acceptors (Lipinski definition) is 2. The fraction of sp³-hybridized carbons (Fsp3) is 0.133. The Bertz CT molecular complexity index is 1600. The molecule has 2 amide bonds. The summed E-state index contributed by atoms with van der Waals surface area (Å²) in [6.07, 6.45) is 2.05. The van der Waals surface area contributed by atoms with E-state index in [1.54, 1.807) is 6.07 Å². The van der Waals surface area contributed by atoms with Crippen molar-refractivity contribution < 1.29 is 4.79 Å². The Morgan fingerprint density at radius 1 is 0.946 bits per heavy atom. The number of fused-ring (bicyclic) bond motifs is 3. The highest BCUT2D eigenvalue weighted by Crippen LogP contribution is 2.39. The highest BCUT2D eigenvalue weighted by atomic mass is 35.5. The topological polar surface area (TPSA) is 55.1 Å². The molecule has 0 radical (unpaired) electrons. The van der Waals surface area contributed by atoms with Crippen LogP contribution in [0.5, 0.6) is 0 Å². The van der Waals surface area contributed by atoms with Gasteiger partial charge in [-0.15, -0.1) is 0 Å². The van der Waals surface area contributed by atoms with Gasteiger partial charge in [0.25, 0.3) is 0 Å². The highest BCUT2D eigenvalue weighted by molar-refractivity contribution is 6.33. The molecule has 0 bridgehead atoms. The molecular formula is C30H26ClN5O. The quantitative estimate of drug-likeness (QED) is 0.284. The first kappa shape index (κ1) is 23.1. The average Bonchev–Trinajstić information content (AvgIpc) is 3.46. The molecule has 37 heavy (non-hydrogen) atoms. The molecule has 0 saturated carbocycles. The molecule has 1 aliphatic heterocycles. The van der Waals surface area contributed by atoms with Crippen LogP contribution in [0.1, 0.15) is 34.1 Å². The van der Waals surface area contributed by atoms with Crippen molar-refractivity contribution in [3.63, 3.8) is 0 Å². The molecule has 6 nitrogen and oxygen atoms in total. The Labute approximate surface area is 220 Å². The molecule has 0 fully saturated rings. The van der Waals surface area contributed by atoms with Gasteiger partial charge in [0.05, 0.1) is 40.4 Å². The van der Waals surface area contributed by atoms with Gasteiger partial charge in [-0.25, -0.2) is 9.48 Å². The largest absolute Gasteiger partial charge is 0.323 e. The zero-order valence-corrected chi connectivity index (χ0v) is 21.4. The first-order chi connectivity index (χ1) is 18.0. The van der Waals surface area contributed by atoms with Crippen LogP contribution in [0, 0.1) is 13.8 Å². The fourth-order valence-corrected chi connectivity index (χ4v) is 5.27. The van der Waals surface area contributed by atoms with Gasteiger partial charge in [0.1, 0.15) is 5.82 Å². The number of aryl methyl sites for hydroxylation is 2. The summed E-state index contributed by atoms with van der Waals surface area (Å²) < 4.78 is 4.13. The maximum Gasteiger partial charge on any atom is 0.323 e. The summed E-state index contributed by atoms with van der Waals surface area (Å²) in [6.45, 7) is 4.45. The van der Waals surface area contributed by atoms with Gasteiger partial charge in [0.2, 0.25) is 0 Å². The number of benzene rings is 3. The smallest absolute Gasteiger partial charge is 0.307 e. The summed E-state index contributed by atoms with van der Waals surface area (Å²) >= 11 is 6.40. The van der Waals surface area contributed by atoms with Gasteiger partial charge in [-0.1, -0.05) is 71.8 Å². The van der Waals surface area contributed by atoms with Crippen molar-refractivity contribution in [2.75, 3.05) is 5.32 Å². The maximum absolute atomic E-state index is 14.0. The first-order valence-corrected chi connectivity index (χ1v) is 12.6. The number of aromatic nitrogens is 3. The van der Waals surface area contributed by atoms with Gasteiger partial charge in [0, 0.05) is 11.8 Å². The van der Waals surface area contributed by atoms with Crippen molar-refractivity contribution in [3.05, 3.63) is 130 Å². The van der Waals surface area contributed by atoms with Crippen LogP contribution in [0.15, 0.2) is 97.2 Å². The summed E-state index contributed by atoms with van der Waals surface area (Å²) in [6, 6.07) is 29.3. The Morgan fingerprint density at radius 3 is 2.51 bits per heavy atom. The third kappa shape index (κ3) is 4.09. The predicted molar refractivity (Wildman–Crippen MR) is 147 cm³/mol. The standard InChI is InChI=1S/C30H26ClN5O/c1-20-10-8-11-22(18-20)28-27-16-9-17-34(27)29-24(21(2)33-36(29)23-12-4-3-5-13-23)19-35(28)30(37)32-26-15-7-6-14-25(26)31/h3-18,28H,19H2,1-2H3,(H,32,37)/t28-/m0/s1. The zero-order chi connectivity index (χ0) is 25.5. The summed E-state index contributed by atoms with van der Waals surface area (Å²) in [7, 11) is 0. The van der Waals surface area contributed by atoms with E-state index in [4.69, 9.17) is 16.7 Å². The normalized spacial score (nSPS) is 14.6. The minimum absolute atomic E-state index is 0.230. The Hall–Kier alpha value is -4.29. The molecule has 2 aromatic heterocycles. The number of urea groups is 1. The van der Waals surface area contributed by atoms with Gasteiger partial charge in [-0.05, 0) is 55.8 Å². The van der Waals surface area contributed by atoms with E-state index >= 15 is 0 Å². The van der Waals surface area contributed by atoms with E-state index in [2.05, 4.69) is 41.1 Å². The second-order valence-electron chi connectivity index (χ2n) is 9.29. The van der Waals surface area contributed by atoms with Crippen molar-refractivity contribution in [2.24, 2.45) is 0 Å². The van der Waals surface area contributed by atoms with E-state index in [0.717, 1.165) is 39.6 Å². The van der Waals surface area contributed by atoms with Crippen LogP contribution in [0.25, 0.3) is 11.5 Å². The molecule has 3 heterocycles. The first-order valence-electron chi connectivity index (χ1n) is 12.2. The number of halogens is 1. The van der Waals surface area contributed by atoms with Gasteiger partial charge in [-0.2, -0.15) is 5.10 Å². The van der Waals surface area contributed by atoms with Crippen molar-refractivity contribution >= 4 is 23.3 Å². The molecule has 1 atom stereocenters. The number of nitrogens with one attached hydrogen (secondary N) is 1.